The number of alkyl halides is 1. The van der Waals surface area contributed by atoms with Gasteiger partial charge in [0.1, 0.15) is 29.2 Å². The van der Waals surface area contributed by atoms with Crippen molar-refractivity contribution in [1.82, 2.24) is 4.90 Å². The van der Waals surface area contributed by atoms with E-state index in [9.17, 15) is 4.39 Å². The Labute approximate surface area is 80.8 Å². The third-order valence-corrected chi connectivity index (χ3v) is 2.37. The third kappa shape index (κ3) is 3.66. The summed E-state index contributed by atoms with van der Waals surface area (Å²) in [5.74, 6) is 0. The van der Waals surface area contributed by atoms with Gasteiger partial charge in [-0.15, -0.1) is 0 Å². The van der Waals surface area contributed by atoms with Gasteiger partial charge in [0.2, 0.25) is 0 Å². The lowest BCUT2D eigenvalue weighted by Gasteiger charge is -2.28. The first-order valence-corrected chi connectivity index (χ1v) is 4.81. The Morgan fingerprint density at radius 1 is 1.64 bits per heavy atom. The molecule has 0 N–H and O–H groups in total. The third-order valence-electron chi connectivity index (χ3n) is 1.93. The van der Waals surface area contributed by atoms with Crippen molar-refractivity contribution in [2.24, 2.45) is 0 Å². The summed E-state index contributed by atoms with van der Waals surface area (Å²) in [5, 5.41) is 0. The summed E-state index contributed by atoms with van der Waals surface area (Å²) in [6, 6.07) is 0. The molecule has 0 aliphatic carbocycles. The molecule has 1 aliphatic rings. The highest BCUT2D eigenvalue weighted by Gasteiger charge is 2.17. The topological polar surface area (TPSA) is 12.5 Å². The zero-order valence-corrected chi connectivity index (χ0v) is 8.59. The van der Waals surface area contributed by atoms with E-state index in [4.69, 9.17) is 3.07 Å². The molecule has 0 saturated carbocycles. The Hall–Kier alpha value is 0.580. The van der Waals surface area contributed by atoms with Crippen molar-refractivity contribution in [3.05, 3.63) is 0 Å². The molecule has 0 unspecified atom stereocenters. The molecule has 1 heterocycles. The number of hydrogen-bond acceptors (Lipinski definition) is 2. The van der Waals surface area contributed by atoms with Crippen molar-refractivity contribution in [2.45, 2.75) is 19.0 Å². The van der Waals surface area contributed by atoms with Crippen molar-refractivity contribution in [3.63, 3.8) is 0 Å². The number of halogens is 2. The van der Waals surface area contributed by atoms with Gasteiger partial charge in [0.15, 0.2) is 0 Å². The van der Waals surface area contributed by atoms with Gasteiger partial charge in [0.05, 0.1) is 6.61 Å². The highest BCUT2D eigenvalue weighted by molar-refractivity contribution is 14.1. The number of nitrogens with zero attached hydrogens (tertiary/aromatic N) is 1. The minimum atomic E-state index is -0.613. The normalized spacial score (nSPS) is 27.3. The highest BCUT2D eigenvalue weighted by Crippen LogP contribution is 2.12. The summed E-state index contributed by atoms with van der Waals surface area (Å²) in [4.78, 5) is 2.12. The van der Waals surface area contributed by atoms with E-state index < -0.39 is 6.17 Å². The number of hydrogen-bond donors (Lipinski definition) is 0. The van der Waals surface area contributed by atoms with Crippen molar-refractivity contribution >= 4 is 23.0 Å². The molecule has 1 fully saturated rings. The number of piperidine rings is 1. The van der Waals surface area contributed by atoms with E-state index in [1.807, 2.05) is 23.0 Å². The summed E-state index contributed by atoms with van der Waals surface area (Å²) >= 11 is 1.87. The van der Waals surface area contributed by atoms with Crippen LogP contribution < -0.4 is 0 Å². The zero-order valence-electron chi connectivity index (χ0n) is 6.43. The summed E-state index contributed by atoms with van der Waals surface area (Å²) < 4.78 is 17.7. The van der Waals surface area contributed by atoms with Gasteiger partial charge in [0.25, 0.3) is 0 Å². The number of rotatable bonds is 3. The number of likely N-dealkylation sites (tertiary alicyclic amines) is 1. The van der Waals surface area contributed by atoms with E-state index in [0.717, 1.165) is 25.9 Å². The van der Waals surface area contributed by atoms with Gasteiger partial charge in [-0.25, -0.2) is 4.39 Å². The van der Waals surface area contributed by atoms with Crippen LogP contribution in [0.15, 0.2) is 0 Å². The lowest BCUT2D eigenvalue weighted by molar-refractivity contribution is 0.128. The van der Waals surface area contributed by atoms with Crippen LogP contribution in [0.1, 0.15) is 12.8 Å². The Kier molecular flexibility index (Phi) is 4.63. The summed E-state index contributed by atoms with van der Waals surface area (Å²) in [5.41, 5.74) is 0. The smallest absolute Gasteiger partial charge is 0.113 e. The van der Waals surface area contributed by atoms with E-state index >= 15 is 0 Å². The monoisotopic (exact) mass is 273 g/mol. The molecule has 0 aromatic rings. The van der Waals surface area contributed by atoms with Crippen LogP contribution in [-0.4, -0.2) is 37.3 Å². The quantitative estimate of drug-likeness (QED) is 0.727. The Morgan fingerprint density at radius 3 is 3.09 bits per heavy atom. The van der Waals surface area contributed by atoms with Crippen LogP contribution in [0, 0.1) is 0 Å². The Balaban J connectivity index is 2.12. The first kappa shape index (κ1) is 9.67. The lowest BCUT2D eigenvalue weighted by Crippen LogP contribution is -2.38. The fraction of sp³-hybridized carbons (Fsp3) is 1.00. The van der Waals surface area contributed by atoms with E-state index in [2.05, 4.69) is 4.90 Å². The molecule has 0 amide bonds. The van der Waals surface area contributed by atoms with E-state index in [0.29, 0.717) is 13.2 Å². The summed E-state index contributed by atoms with van der Waals surface area (Å²) in [6.07, 6.45) is 1.11. The molecule has 0 bridgehead atoms. The largest absolute Gasteiger partial charge is 0.314 e. The molecule has 0 aromatic heterocycles. The fourth-order valence-corrected chi connectivity index (χ4v) is 1.56. The maximum absolute atomic E-state index is 12.8. The zero-order chi connectivity index (χ0) is 8.10. The van der Waals surface area contributed by atoms with Gasteiger partial charge in [-0.2, -0.15) is 0 Å². The van der Waals surface area contributed by atoms with E-state index in [1.165, 1.54) is 0 Å². The predicted octanol–water partition coefficient (Wildman–Crippen LogP) is 1.79. The first-order valence-electron chi connectivity index (χ1n) is 3.93. The van der Waals surface area contributed by atoms with Gasteiger partial charge in [-0.1, -0.05) is 0 Å². The molecule has 66 valence electrons. The average Bonchev–Trinajstić information content (AvgIpc) is 2.01. The summed E-state index contributed by atoms with van der Waals surface area (Å²) in [6.45, 7) is 3.19. The molecule has 4 heteroatoms. The Morgan fingerprint density at radius 2 is 2.45 bits per heavy atom. The molecule has 1 atom stereocenters. The highest BCUT2D eigenvalue weighted by atomic mass is 127. The lowest BCUT2D eigenvalue weighted by atomic mass is 10.1. The van der Waals surface area contributed by atoms with Crippen LogP contribution in [0.3, 0.4) is 0 Å². The standard InChI is InChI=1S/C7H13FINO/c8-7-2-1-3-10(6-7)4-5-11-9/h7H,1-6H2/t7-/m0/s1. The molecule has 2 nitrogen and oxygen atoms in total. The van der Waals surface area contributed by atoms with Crippen LogP contribution in [-0.2, 0) is 3.07 Å². The molecular formula is C7H13FINO. The van der Waals surface area contributed by atoms with Crippen LogP contribution in [0.25, 0.3) is 0 Å². The van der Waals surface area contributed by atoms with Crippen LogP contribution in [0.4, 0.5) is 4.39 Å². The average molecular weight is 273 g/mol. The van der Waals surface area contributed by atoms with Gasteiger partial charge in [-0.3, -0.25) is 4.90 Å². The fourth-order valence-electron chi connectivity index (χ4n) is 1.37. The predicted molar refractivity (Wildman–Crippen MR) is 50.5 cm³/mol. The van der Waals surface area contributed by atoms with Gasteiger partial charge >= 0.3 is 0 Å². The van der Waals surface area contributed by atoms with Gasteiger partial charge in [-0.05, 0) is 19.4 Å². The molecule has 1 rings (SSSR count). The van der Waals surface area contributed by atoms with Gasteiger partial charge < -0.3 is 3.07 Å². The van der Waals surface area contributed by atoms with Crippen LogP contribution in [0.5, 0.6) is 0 Å². The molecule has 0 spiro atoms. The Bertz CT molecular complexity index is 115. The summed E-state index contributed by atoms with van der Waals surface area (Å²) in [7, 11) is 0. The van der Waals surface area contributed by atoms with E-state index in [-0.39, 0.29) is 0 Å². The minimum Gasteiger partial charge on any atom is -0.314 e. The molecule has 0 radical (unpaired) electrons. The molecule has 11 heavy (non-hydrogen) atoms. The molecule has 1 saturated heterocycles. The first-order chi connectivity index (χ1) is 5.33. The van der Waals surface area contributed by atoms with Crippen molar-refractivity contribution in [1.29, 1.82) is 0 Å². The van der Waals surface area contributed by atoms with Crippen molar-refractivity contribution in [2.75, 3.05) is 26.2 Å². The maximum atomic E-state index is 12.8. The molecule has 1 aliphatic heterocycles. The molecule has 0 aromatic carbocycles. The maximum Gasteiger partial charge on any atom is 0.113 e. The molecular weight excluding hydrogens is 260 g/mol. The second-order valence-electron chi connectivity index (χ2n) is 2.85. The second kappa shape index (κ2) is 5.27. The minimum absolute atomic E-state index is 0.597. The van der Waals surface area contributed by atoms with Crippen LogP contribution in [0.2, 0.25) is 0 Å². The van der Waals surface area contributed by atoms with Crippen molar-refractivity contribution < 1.29 is 7.46 Å². The van der Waals surface area contributed by atoms with E-state index in [1.54, 1.807) is 0 Å². The second-order valence-corrected chi connectivity index (χ2v) is 3.48. The van der Waals surface area contributed by atoms with Gasteiger partial charge in [0, 0.05) is 13.1 Å². The SMILES string of the molecule is F[C@H]1CCCN(CCOI)C1. The van der Waals surface area contributed by atoms with Crippen molar-refractivity contribution in [3.8, 4) is 0 Å². The van der Waals surface area contributed by atoms with Crippen LogP contribution >= 0.6 is 23.0 Å².